The van der Waals surface area contributed by atoms with Crippen molar-refractivity contribution in [3.8, 4) is 5.75 Å². The molecule has 2 aliphatic rings. The van der Waals surface area contributed by atoms with Crippen LogP contribution >= 0.6 is 0 Å². The number of ether oxygens (including phenoxy) is 2. The van der Waals surface area contributed by atoms with Gasteiger partial charge in [0.2, 0.25) is 15.9 Å². The smallest absolute Gasteiger partial charge is 0.253 e. The maximum Gasteiger partial charge on any atom is 0.253 e. The summed E-state index contributed by atoms with van der Waals surface area (Å²) in [6.45, 7) is 1.88. The van der Waals surface area contributed by atoms with Crippen molar-refractivity contribution in [1.29, 1.82) is 0 Å². The highest BCUT2D eigenvalue weighted by atomic mass is 32.2. The van der Waals surface area contributed by atoms with Gasteiger partial charge in [0.05, 0.1) is 26.2 Å². The molecule has 9 nitrogen and oxygen atoms in total. The fourth-order valence-corrected chi connectivity index (χ4v) is 5.10. The number of carbonyl (C=O) groups excluding carboxylic acids is 2. The third-order valence-electron chi connectivity index (χ3n) is 5.11. The first-order valence-electron chi connectivity index (χ1n) is 9.19. The molecule has 0 radical (unpaired) electrons. The van der Waals surface area contributed by atoms with Crippen LogP contribution in [0.2, 0.25) is 0 Å². The highest BCUT2D eigenvalue weighted by Crippen LogP contribution is 2.29. The molecule has 0 saturated carbocycles. The second kappa shape index (κ2) is 8.46. The van der Waals surface area contributed by atoms with Crippen LogP contribution < -0.4 is 10.5 Å². The van der Waals surface area contributed by atoms with Crippen molar-refractivity contribution in [3.63, 3.8) is 0 Å². The summed E-state index contributed by atoms with van der Waals surface area (Å²) in [5, 5.41) is 0. The molecular formula is C18H25N3O6S. The number of hydrogen-bond acceptors (Lipinski definition) is 6. The van der Waals surface area contributed by atoms with Gasteiger partial charge in [0.1, 0.15) is 10.6 Å². The number of amides is 2. The van der Waals surface area contributed by atoms with Gasteiger partial charge < -0.3 is 20.1 Å². The lowest BCUT2D eigenvalue weighted by molar-refractivity contribution is -0.123. The van der Waals surface area contributed by atoms with E-state index in [1.807, 2.05) is 0 Å². The average Bonchev–Trinajstić information content (AvgIpc) is 2.73. The van der Waals surface area contributed by atoms with Gasteiger partial charge in [-0.2, -0.15) is 4.31 Å². The number of sulfonamides is 1. The number of morpholine rings is 1. The van der Waals surface area contributed by atoms with E-state index in [0.717, 1.165) is 0 Å². The van der Waals surface area contributed by atoms with Gasteiger partial charge in [-0.3, -0.25) is 9.59 Å². The van der Waals surface area contributed by atoms with Crippen molar-refractivity contribution in [2.45, 2.75) is 17.7 Å². The van der Waals surface area contributed by atoms with E-state index < -0.39 is 15.9 Å². The van der Waals surface area contributed by atoms with Gasteiger partial charge in [0.15, 0.2) is 0 Å². The lowest BCUT2D eigenvalue weighted by Crippen LogP contribution is -2.44. The Bertz CT molecular complexity index is 851. The fraction of sp³-hybridized carbons (Fsp3) is 0.556. The largest absolute Gasteiger partial charge is 0.495 e. The standard InChI is InChI=1S/C18H25N3O6S/c1-26-15-5-4-13(18(23)20-6-2-3-14(12-20)17(19)22)11-16(15)28(24,25)21-7-9-27-10-8-21/h4-5,11,14H,2-3,6-10,12H2,1H3,(H2,19,22)/t14-/m1/s1. The van der Waals surface area contributed by atoms with E-state index in [2.05, 4.69) is 0 Å². The summed E-state index contributed by atoms with van der Waals surface area (Å²) in [4.78, 5) is 25.9. The van der Waals surface area contributed by atoms with Gasteiger partial charge in [0, 0.05) is 31.7 Å². The maximum atomic E-state index is 13.1. The predicted molar refractivity (Wildman–Crippen MR) is 100 cm³/mol. The van der Waals surface area contributed by atoms with Crippen molar-refractivity contribution < 1.29 is 27.5 Å². The first kappa shape index (κ1) is 20.6. The van der Waals surface area contributed by atoms with Gasteiger partial charge in [-0.1, -0.05) is 0 Å². The molecule has 2 amide bonds. The topological polar surface area (TPSA) is 119 Å². The summed E-state index contributed by atoms with van der Waals surface area (Å²) in [6, 6.07) is 4.36. The highest BCUT2D eigenvalue weighted by molar-refractivity contribution is 7.89. The fourth-order valence-electron chi connectivity index (χ4n) is 3.51. The van der Waals surface area contributed by atoms with Crippen molar-refractivity contribution in [2.24, 2.45) is 11.7 Å². The summed E-state index contributed by atoms with van der Waals surface area (Å²) >= 11 is 0. The Labute approximate surface area is 164 Å². The molecule has 0 spiro atoms. The van der Waals surface area contributed by atoms with E-state index in [9.17, 15) is 18.0 Å². The van der Waals surface area contributed by atoms with Crippen LogP contribution in [0, 0.1) is 5.92 Å². The summed E-state index contributed by atoms with van der Waals surface area (Å²) < 4.78 is 37.9. The minimum atomic E-state index is -3.83. The van der Waals surface area contributed by atoms with Crippen LogP contribution in [0.3, 0.4) is 0 Å². The normalized spacial score (nSPS) is 21.3. The number of piperidine rings is 1. The number of rotatable bonds is 5. The monoisotopic (exact) mass is 411 g/mol. The molecule has 28 heavy (non-hydrogen) atoms. The van der Waals surface area contributed by atoms with Crippen LogP contribution in [0.1, 0.15) is 23.2 Å². The lowest BCUT2D eigenvalue weighted by atomic mass is 9.97. The van der Waals surface area contributed by atoms with Crippen molar-refractivity contribution in [2.75, 3.05) is 46.5 Å². The predicted octanol–water partition coefficient (Wildman–Crippen LogP) is 0.0536. The van der Waals surface area contributed by atoms with Crippen LogP contribution in [-0.2, 0) is 19.6 Å². The number of nitrogens with two attached hydrogens (primary N) is 1. The summed E-state index contributed by atoms with van der Waals surface area (Å²) in [6.07, 6.45) is 1.33. The molecule has 1 aromatic carbocycles. The highest BCUT2D eigenvalue weighted by Gasteiger charge is 2.32. The number of nitrogens with zero attached hydrogens (tertiary/aromatic N) is 2. The molecule has 2 aliphatic heterocycles. The molecule has 154 valence electrons. The molecule has 1 atom stereocenters. The Morgan fingerprint density at radius 3 is 2.57 bits per heavy atom. The van der Waals surface area contributed by atoms with Gasteiger partial charge >= 0.3 is 0 Å². The van der Waals surface area contributed by atoms with E-state index in [1.54, 1.807) is 4.90 Å². The number of likely N-dealkylation sites (tertiary alicyclic amines) is 1. The molecule has 0 aliphatic carbocycles. The molecule has 2 fully saturated rings. The molecule has 0 unspecified atom stereocenters. The number of benzene rings is 1. The zero-order valence-corrected chi connectivity index (χ0v) is 16.6. The molecule has 10 heteroatoms. The van der Waals surface area contributed by atoms with E-state index in [0.29, 0.717) is 32.6 Å². The van der Waals surface area contributed by atoms with Crippen LogP contribution in [-0.4, -0.2) is 75.9 Å². The van der Waals surface area contributed by atoms with Crippen LogP contribution in [0.4, 0.5) is 0 Å². The second-order valence-corrected chi connectivity index (χ2v) is 8.78. The van der Waals surface area contributed by atoms with Crippen LogP contribution in [0.25, 0.3) is 0 Å². The molecule has 0 bridgehead atoms. The summed E-state index contributed by atoms with van der Waals surface area (Å²) in [7, 11) is -2.45. The van der Waals surface area contributed by atoms with Gasteiger partial charge in [-0.25, -0.2) is 8.42 Å². The Balaban J connectivity index is 1.90. The molecule has 2 saturated heterocycles. The zero-order valence-electron chi connectivity index (χ0n) is 15.8. The molecular weight excluding hydrogens is 386 g/mol. The van der Waals surface area contributed by atoms with E-state index >= 15 is 0 Å². The van der Waals surface area contributed by atoms with E-state index in [1.165, 1.54) is 29.6 Å². The molecule has 2 heterocycles. The Morgan fingerprint density at radius 2 is 1.93 bits per heavy atom. The maximum absolute atomic E-state index is 13.1. The Hall–Kier alpha value is -2.17. The third kappa shape index (κ3) is 4.13. The van der Waals surface area contributed by atoms with Gasteiger partial charge in [-0.15, -0.1) is 0 Å². The Morgan fingerprint density at radius 1 is 1.21 bits per heavy atom. The van der Waals surface area contributed by atoms with Crippen molar-refractivity contribution in [1.82, 2.24) is 9.21 Å². The van der Waals surface area contributed by atoms with Crippen LogP contribution in [0.5, 0.6) is 5.75 Å². The molecule has 3 rings (SSSR count). The summed E-state index contributed by atoms with van der Waals surface area (Å²) in [5.41, 5.74) is 5.62. The van der Waals surface area contributed by atoms with Crippen LogP contribution in [0.15, 0.2) is 23.1 Å². The summed E-state index contributed by atoms with van der Waals surface area (Å²) in [5.74, 6) is -0.959. The SMILES string of the molecule is COc1ccc(C(=O)N2CCC[C@@H](C(N)=O)C2)cc1S(=O)(=O)N1CCOCC1. The van der Waals surface area contributed by atoms with E-state index in [4.69, 9.17) is 15.2 Å². The molecule has 1 aromatic rings. The number of carbonyl (C=O) groups is 2. The third-order valence-corrected chi connectivity index (χ3v) is 7.03. The first-order valence-corrected chi connectivity index (χ1v) is 10.6. The Kier molecular flexibility index (Phi) is 6.21. The van der Waals surface area contributed by atoms with Crippen molar-refractivity contribution >= 4 is 21.8 Å². The average molecular weight is 411 g/mol. The number of primary amides is 1. The van der Waals surface area contributed by atoms with Gasteiger partial charge in [0.25, 0.3) is 5.91 Å². The number of hydrogen-bond donors (Lipinski definition) is 1. The minimum Gasteiger partial charge on any atom is -0.495 e. The zero-order chi connectivity index (χ0) is 20.3. The lowest BCUT2D eigenvalue weighted by Gasteiger charge is -2.31. The number of methoxy groups -OCH3 is 1. The molecule has 0 aromatic heterocycles. The quantitative estimate of drug-likeness (QED) is 0.731. The second-order valence-electron chi connectivity index (χ2n) is 6.87. The van der Waals surface area contributed by atoms with Crippen molar-refractivity contribution in [3.05, 3.63) is 23.8 Å². The van der Waals surface area contributed by atoms with Gasteiger partial charge in [-0.05, 0) is 31.0 Å². The molecule has 2 N–H and O–H groups in total. The minimum absolute atomic E-state index is 0.0498. The van der Waals surface area contributed by atoms with E-state index in [-0.39, 0.29) is 47.7 Å². The first-order chi connectivity index (χ1) is 13.3.